The van der Waals surface area contributed by atoms with Gasteiger partial charge in [0.25, 0.3) is 0 Å². The predicted molar refractivity (Wildman–Crippen MR) is 139 cm³/mol. The van der Waals surface area contributed by atoms with E-state index in [0.717, 1.165) is 63.8 Å². The van der Waals surface area contributed by atoms with Gasteiger partial charge in [-0.15, -0.1) is 0 Å². The minimum atomic E-state index is -1.22. The Labute approximate surface area is 198 Å². The maximum Gasteiger partial charge on any atom is 0.310 e. The third-order valence-corrected chi connectivity index (χ3v) is 8.35. The van der Waals surface area contributed by atoms with E-state index in [9.17, 15) is 4.79 Å². The van der Waals surface area contributed by atoms with Crippen LogP contribution >= 0.6 is 0 Å². The van der Waals surface area contributed by atoms with Gasteiger partial charge in [0, 0.05) is 37.8 Å². The fraction of sp³-hybridized carbons (Fsp3) is 0.444. The van der Waals surface area contributed by atoms with Crippen LogP contribution in [0.25, 0.3) is 22.0 Å². The zero-order chi connectivity index (χ0) is 23.9. The van der Waals surface area contributed by atoms with E-state index in [1.165, 1.54) is 18.3 Å². The van der Waals surface area contributed by atoms with Gasteiger partial charge in [0.15, 0.2) is 0 Å². The van der Waals surface area contributed by atoms with Crippen LogP contribution in [0.1, 0.15) is 22.4 Å². The molecule has 4 rings (SSSR count). The van der Waals surface area contributed by atoms with Crippen LogP contribution in [0, 0.1) is 20.8 Å². The lowest BCUT2D eigenvalue weighted by atomic mass is 9.88. The number of aryl methyl sites for hydroxylation is 2. The normalized spacial score (nSPS) is 13.2. The molecule has 5 nitrogen and oxygen atoms in total. The fourth-order valence-corrected chi connectivity index (χ4v) is 5.50. The van der Waals surface area contributed by atoms with Crippen LogP contribution < -0.4 is 10.1 Å². The van der Waals surface area contributed by atoms with Crippen LogP contribution in [-0.4, -0.2) is 38.9 Å². The number of carbonyl (C=O) groups excluding carboxylic acids is 1. The van der Waals surface area contributed by atoms with Gasteiger partial charge in [-0.1, -0.05) is 31.8 Å². The fourth-order valence-electron chi connectivity index (χ4n) is 4.78. The Hall–Kier alpha value is -2.73. The second-order valence-corrected chi connectivity index (χ2v) is 16.0. The first-order valence-corrected chi connectivity index (χ1v) is 15.5. The topological polar surface area (TPSA) is 52.5 Å². The number of hydrogen-bond donors (Lipinski definition) is 1. The van der Waals surface area contributed by atoms with E-state index in [1.807, 2.05) is 0 Å². The van der Waals surface area contributed by atoms with Gasteiger partial charge in [0.2, 0.25) is 0 Å². The average molecular weight is 465 g/mol. The smallest absolute Gasteiger partial charge is 0.310 e. The molecule has 6 heteroatoms. The average Bonchev–Trinajstić information content (AvgIpc) is 3.09. The van der Waals surface area contributed by atoms with Gasteiger partial charge < -0.3 is 19.4 Å². The highest BCUT2D eigenvalue weighted by Gasteiger charge is 2.27. The SMILES string of the molecule is COC(=O)Cc1c(C)c2c3c(cc(C)n3CCN2)c1-c1ccc(C)cc1OCC[Si](C)(C)C. The Morgan fingerprint density at radius 3 is 2.61 bits per heavy atom. The highest BCUT2D eigenvalue weighted by Crippen LogP contribution is 2.45. The molecule has 1 aliphatic rings. The van der Waals surface area contributed by atoms with Gasteiger partial charge in [-0.25, -0.2) is 0 Å². The van der Waals surface area contributed by atoms with Crippen molar-refractivity contribution in [2.45, 2.75) is 59.4 Å². The monoisotopic (exact) mass is 464 g/mol. The Balaban J connectivity index is 1.96. The van der Waals surface area contributed by atoms with Gasteiger partial charge >= 0.3 is 5.97 Å². The third kappa shape index (κ3) is 4.54. The highest BCUT2D eigenvalue weighted by molar-refractivity contribution is 6.76. The van der Waals surface area contributed by atoms with E-state index >= 15 is 0 Å². The first-order chi connectivity index (χ1) is 15.6. The number of methoxy groups -OCH3 is 1. The van der Waals surface area contributed by atoms with Crippen LogP contribution in [0.5, 0.6) is 5.75 Å². The van der Waals surface area contributed by atoms with Crippen molar-refractivity contribution in [3.05, 3.63) is 46.6 Å². The molecule has 33 heavy (non-hydrogen) atoms. The summed E-state index contributed by atoms with van der Waals surface area (Å²) in [5.41, 5.74) is 8.99. The van der Waals surface area contributed by atoms with E-state index in [1.54, 1.807) is 0 Å². The highest BCUT2D eigenvalue weighted by atomic mass is 28.3. The first-order valence-electron chi connectivity index (χ1n) is 11.8. The largest absolute Gasteiger partial charge is 0.493 e. The number of anilines is 1. The van der Waals surface area contributed by atoms with Crippen LogP contribution in [0.2, 0.25) is 25.7 Å². The second kappa shape index (κ2) is 8.90. The number of nitrogens with one attached hydrogen (secondary N) is 1. The van der Waals surface area contributed by atoms with Crippen molar-refractivity contribution in [3.8, 4) is 16.9 Å². The Bertz CT molecular complexity index is 1220. The van der Waals surface area contributed by atoms with Crippen LogP contribution in [-0.2, 0) is 22.5 Å². The maximum atomic E-state index is 12.5. The summed E-state index contributed by atoms with van der Waals surface area (Å²) in [5, 5.41) is 4.76. The summed E-state index contributed by atoms with van der Waals surface area (Å²) in [6.45, 7) is 16.0. The van der Waals surface area contributed by atoms with E-state index < -0.39 is 8.07 Å². The molecule has 0 saturated heterocycles. The van der Waals surface area contributed by atoms with E-state index in [-0.39, 0.29) is 12.4 Å². The van der Waals surface area contributed by atoms with Crippen molar-refractivity contribution in [1.29, 1.82) is 0 Å². The molecule has 2 aromatic carbocycles. The molecular weight excluding hydrogens is 428 g/mol. The molecule has 0 atom stereocenters. The third-order valence-electron chi connectivity index (χ3n) is 6.64. The number of aromatic nitrogens is 1. The molecule has 1 aliphatic heterocycles. The molecule has 0 spiro atoms. The van der Waals surface area contributed by atoms with Gasteiger partial charge in [-0.3, -0.25) is 4.79 Å². The Morgan fingerprint density at radius 1 is 1.15 bits per heavy atom. The zero-order valence-electron chi connectivity index (χ0n) is 21.0. The Kier molecular flexibility index (Phi) is 6.32. The van der Waals surface area contributed by atoms with Gasteiger partial charge in [-0.05, 0) is 61.2 Å². The first kappa shape index (κ1) is 23.4. The summed E-state index contributed by atoms with van der Waals surface area (Å²) in [6.07, 6.45) is 0.231. The molecule has 0 amide bonds. The lowest BCUT2D eigenvalue weighted by Gasteiger charge is -2.26. The molecular formula is C27H36N2O3Si. The molecule has 3 aromatic rings. The summed E-state index contributed by atoms with van der Waals surface area (Å²) in [7, 11) is 0.236. The molecule has 2 heterocycles. The minimum absolute atomic E-state index is 0.230. The number of benzene rings is 2. The zero-order valence-corrected chi connectivity index (χ0v) is 22.0. The number of esters is 1. The molecule has 0 fully saturated rings. The summed E-state index contributed by atoms with van der Waals surface area (Å²) in [4.78, 5) is 12.5. The number of carbonyl (C=O) groups is 1. The van der Waals surface area contributed by atoms with Crippen LogP contribution in [0.15, 0.2) is 24.3 Å². The van der Waals surface area contributed by atoms with Gasteiger partial charge in [0.05, 0.1) is 31.3 Å². The van der Waals surface area contributed by atoms with E-state index in [0.29, 0.717) is 6.61 Å². The Morgan fingerprint density at radius 2 is 1.91 bits per heavy atom. The summed E-state index contributed by atoms with van der Waals surface area (Å²) >= 11 is 0. The van der Waals surface area contributed by atoms with Crippen molar-refractivity contribution in [3.63, 3.8) is 0 Å². The minimum Gasteiger partial charge on any atom is -0.493 e. The van der Waals surface area contributed by atoms with Gasteiger partial charge in [0.1, 0.15) is 5.75 Å². The second-order valence-electron chi connectivity index (χ2n) is 10.4. The van der Waals surface area contributed by atoms with Crippen molar-refractivity contribution in [1.82, 2.24) is 4.57 Å². The molecule has 0 radical (unpaired) electrons. The summed E-state index contributed by atoms with van der Waals surface area (Å²) in [5.74, 6) is 0.661. The van der Waals surface area contributed by atoms with Crippen LogP contribution in [0.4, 0.5) is 5.69 Å². The molecule has 176 valence electrons. The summed E-state index contributed by atoms with van der Waals surface area (Å²) < 4.78 is 13.9. The quantitative estimate of drug-likeness (QED) is 0.339. The molecule has 0 bridgehead atoms. The van der Waals surface area contributed by atoms with E-state index in [4.69, 9.17) is 9.47 Å². The molecule has 0 aliphatic carbocycles. The number of nitrogens with zero attached hydrogens (tertiary/aromatic N) is 1. The predicted octanol–water partition coefficient (Wildman–Crippen LogP) is 6.09. The number of ether oxygens (including phenoxy) is 2. The molecule has 0 unspecified atom stereocenters. The standard InChI is InChI=1S/C27H36N2O3Si/c1-17-8-9-20(23(14-17)32-12-13-33(5,6)7)25-21(16-24(30)31-4)19(3)26-27-22(25)15-18(2)29(27)11-10-28-26/h8-9,14-15,28H,10-13,16H2,1-7H3. The lowest BCUT2D eigenvalue weighted by molar-refractivity contribution is -0.139. The van der Waals surface area contributed by atoms with Crippen molar-refractivity contribution < 1.29 is 14.3 Å². The van der Waals surface area contributed by atoms with Crippen molar-refractivity contribution in [2.24, 2.45) is 0 Å². The van der Waals surface area contributed by atoms with Crippen molar-refractivity contribution >= 4 is 30.6 Å². The van der Waals surface area contributed by atoms with Crippen LogP contribution in [0.3, 0.4) is 0 Å². The molecule has 1 N–H and O–H groups in total. The molecule has 0 saturated carbocycles. The molecule has 1 aromatic heterocycles. The number of hydrogen-bond acceptors (Lipinski definition) is 4. The van der Waals surface area contributed by atoms with Gasteiger partial charge in [-0.2, -0.15) is 0 Å². The number of rotatable bonds is 7. The van der Waals surface area contributed by atoms with Crippen molar-refractivity contribution in [2.75, 3.05) is 25.6 Å². The summed E-state index contributed by atoms with van der Waals surface area (Å²) in [6, 6.07) is 9.77. The maximum absolute atomic E-state index is 12.5. The van der Waals surface area contributed by atoms with E-state index in [2.05, 4.69) is 74.6 Å². The lowest BCUT2D eigenvalue weighted by Crippen LogP contribution is -2.22.